The molecule has 0 aliphatic rings. The molecule has 0 aromatic heterocycles. The van der Waals surface area contributed by atoms with Gasteiger partial charge in [0.1, 0.15) is 11.5 Å². The summed E-state index contributed by atoms with van der Waals surface area (Å²) in [5.41, 5.74) is -0.281. The predicted molar refractivity (Wildman–Crippen MR) is 138 cm³/mol. The average Bonchev–Trinajstić information content (AvgIpc) is 2.98. The van der Waals surface area contributed by atoms with Crippen molar-refractivity contribution in [1.82, 2.24) is 0 Å². The number of benzene rings is 3. The van der Waals surface area contributed by atoms with Crippen LogP contribution in [0, 0.1) is 0 Å². The van der Waals surface area contributed by atoms with Crippen molar-refractivity contribution in [3.05, 3.63) is 89.5 Å². The Kier molecular flexibility index (Phi) is 9.79. The SMILES string of the molecule is COC(=O)c1ccccc1NC(=O)[C@H](OC(=O)c1cccc(OC)c1)[C@@H](OC(=O)c1cccc(OC)c1)C(=O)O. The lowest BCUT2D eigenvalue weighted by atomic mass is 10.1. The van der Waals surface area contributed by atoms with E-state index in [0.717, 1.165) is 7.11 Å². The molecular formula is C28H25NO11. The van der Waals surface area contributed by atoms with E-state index in [4.69, 9.17) is 23.7 Å². The molecule has 1 amide bonds. The largest absolute Gasteiger partial charge is 0.497 e. The number of hydrogen-bond acceptors (Lipinski definition) is 10. The number of nitrogens with one attached hydrogen (secondary N) is 1. The summed E-state index contributed by atoms with van der Waals surface area (Å²) in [6.07, 6.45) is -4.49. The molecule has 2 N–H and O–H groups in total. The Bertz CT molecular complexity index is 1420. The van der Waals surface area contributed by atoms with Gasteiger partial charge in [-0.2, -0.15) is 0 Å². The topological polar surface area (TPSA) is 164 Å². The lowest BCUT2D eigenvalue weighted by Crippen LogP contribution is -2.48. The first-order chi connectivity index (χ1) is 19.2. The number of aliphatic carboxylic acids is 1. The molecule has 12 heteroatoms. The number of hydrogen-bond donors (Lipinski definition) is 2. The number of carbonyl (C=O) groups excluding carboxylic acids is 4. The van der Waals surface area contributed by atoms with Crippen LogP contribution in [0.2, 0.25) is 0 Å². The number of ether oxygens (including phenoxy) is 5. The average molecular weight is 552 g/mol. The minimum atomic E-state index is -2.29. The summed E-state index contributed by atoms with van der Waals surface area (Å²) in [7, 11) is 3.88. The molecule has 2 atom stereocenters. The van der Waals surface area contributed by atoms with E-state index in [1.165, 1.54) is 74.9 Å². The maximum Gasteiger partial charge on any atom is 0.349 e. The van der Waals surface area contributed by atoms with Gasteiger partial charge in [0.05, 0.1) is 43.7 Å². The molecule has 0 saturated carbocycles. The molecule has 0 spiro atoms. The molecule has 3 aromatic carbocycles. The Balaban J connectivity index is 1.98. The number of amides is 1. The molecule has 0 radical (unpaired) electrons. The van der Waals surface area contributed by atoms with Crippen molar-refractivity contribution in [3.8, 4) is 11.5 Å². The van der Waals surface area contributed by atoms with Gasteiger partial charge in [0.2, 0.25) is 12.2 Å². The van der Waals surface area contributed by atoms with Crippen molar-refractivity contribution in [2.24, 2.45) is 0 Å². The maximum atomic E-state index is 13.4. The lowest BCUT2D eigenvalue weighted by Gasteiger charge is -2.24. The monoisotopic (exact) mass is 551 g/mol. The van der Waals surface area contributed by atoms with Gasteiger partial charge in [0, 0.05) is 0 Å². The predicted octanol–water partition coefficient (Wildman–Crippen LogP) is 2.96. The van der Waals surface area contributed by atoms with Crippen LogP contribution in [0.4, 0.5) is 5.69 Å². The lowest BCUT2D eigenvalue weighted by molar-refractivity contribution is -0.157. The fraction of sp³-hybridized carbons (Fsp3) is 0.179. The third kappa shape index (κ3) is 7.13. The second-order valence-electron chi connectivity index (χ2n) is 7.98. The molecule has 40 heavy (non-hydrogen) atoms. The zero-order valence-corrected chi connectivity index (χ0v) is 21.6. The van der Waals surface area contributed by atoms with Crippen molar-refractivity contribution >= 4 is 35.5 Å². The first kappa shape index (κ1) is 29.2. The first-order valence-electron chi connectivity index (χ1n) is 11.6. The van der Waals surface area contributed by atoms with Crippen LogP contribution in [0.3, 0.4) is 0 Å². The van der Waals surface area contributed by atoms with Crippen molar-refractivity contribution in [3.63, 3.8) is 0 Å². The van der Waals surface area contributed by atoms with Gasteiger partial charge in [-0.1, -0.05) is 24.3 Å². The highest BCUT2D eigenvalue weighted by Gasteiger charge is 2.41. The number of esters is 3. The summed E-state index contributed by atoms with van der Waals surface area (Å²) in [5.74, 6) is -5.42. The molecular weight excluding hydrogens is 526 g/mol. The molecule has 0 aliphatic carbocycles. The molecule has 3 aromatic rings. The van der Waals surface area contributed by atoms with E-state index in [-0.39, 0.29) is 22.4 Å². The summed E-state index contributed by atoms with van der Waals surface area (Å²) in [6, 6.07) is 17.1. The minimum absolute atomic E-state index is 0.0588. The number of para-hydroxylation sites is 1. The van der Waals surface area contributed by atoms with E-state index in [1.54, 1.807) is 12.1 Å². The number of methoxy groups -OCH3 is 3. The number of carboxylic acid groups (broad SMARTS) is 1. The van der Waals surface area contributed by atoms with Crippen molar-refractivity contribution < 1.29 is 52.8 Å². The standard InChI is InChI=1S/C28H25NO11/c1-36-18-10-6-8-16(14-18)26(33)39-22(24(30)29-21-13-5-4-12-20(21)28(35)38-3)23(25(31)32)40-27(34)17-9-7-11-19(15-17)37-2/h4-15,22-23H,1-3H3,(H,29,30)(H,31,32)/t22-,23-/m1/s1. The van der Waals surface area contributed by atoms with Crippen molar-refractivity contribution in [2.45, 2.75) is 12.2 Å². The van der Waals surface area contributed by atoms with Gasteiger partial charge in [0.25, 0.3) is 5.91 Å². The van der Waals surface area contributed by atoms with Gasteiger partial charge in [-0.05, 0) is 48.5 Å². The van der Waals surface area contributed by atoms with E-state index in [0.29, 0.717) is 11.5 Å². The quantitative estimate of drug-likeness (QED) is 0.266. The highest BCUT2D eigenvalue weighted by molar-refractivity contribution is 6.05. The molecule has 0 unspecified atom stereocenters. The second-order valence-corrected chi connectivity index (χ2v) is 7.98. The van der Waals surface area contributed by atoms with Gasteiger partial charge < -0.3 is 34.1 Å². The highest BCUT2D eigenvalue weighted by Crippen LogP contribution is 2.21. The first-order valence-corrected chi connectivity index (χ1v) is 11.6. The van der Waals surface area contributed by atoms with Gasteiger partial charge in [-0.15, -0.1) is 0 Å². The number of carboxylic acids is 1. The Morgan fingerprint density at radius 1 is 0.675 bits per heavy atom. The van der Waals surface area contributed by atoms with Crippen molar-refractivity contribution in [1.29, 1.82) is 0 Å². The summed E-state index contributed by atoms with van der Waals surface area (Å²) in [6.45, 7) is 0. The molecule has 208 valence electrons. The zero-order chi connectivity index (χ0) is 29.2. The van der Waals surface area contributed by atoms with Crippen LogP contribution < -0.4 is 14.8 Å². The molecule has 3 rings (SSSR count). The Hall–Kier alpha value is -5.39. The molecule has 0 heterocycles. The maximum absolute atomic E-state index is 13.4. The second kappa shape index (κ2) is 13.4. The van der Waals surface area contributed by atoms with Gasteiger partial charge in [0.15, 0.2) is 0 Å². The molecule has 0 fully saturated rings. The molecule has 0 saturated heterocycles. The third-order valence-corrected chi connectivity index (χ3v) is 5.45. The molecule has 0 aliphatic heterocycles. The normalized spacial score (nSPS) is 11.8. The minimum Gasteiger partial charge on any atom is -0.497 e. The van der Waals surface area contributed by atoms with E-state index >= 15 is 0 Å². The van der Waals surface area contributed by atoms with Crippen LogP contribution in [0.25, 0.3) is 0 Å². The highest BCUT2D eigenvalue weighted by atomic mass is 16.6. The number of rotatable bonds is 11. The van der Waals surface area contributed by atoms with Crippen molar-refractivity contribution in [2.75, 3.05) is 26.6 Å². The summed E-state index contributed by atoms with van der Waals surface area (Å²) >= 11 is 0. The summed E-state index contributed by atoms with van der Waals surface area (Å²) in [5, 5.41) is 12.3. The van der Waals surface area contributed by atoms with Crippen LogP contribution in [0.1, 0.15) is 31.1 Å². The van der Waals surface area contributed by atoms with E-state index < -0.39 is 42.0 Å². The fourth-order valence-corrected chi connectivity index (χ4v) is 3.45. The zero-order valence-electron chi connectivity index (χ0n) is 21.6. The van der Waals surface area contributed by atoms with E-state index in [2.05, 4.69) is 5.32 Å². The fourth-order valence-electron chi connectivity index (χ4n) is 3.45. The molecule has 12 nitrogen and oxygen atoms in total. The Labute approximate surface area is 228 Å². The molecule has 0 bridgehead atoms. The van der Waals surface area contributed by atoms with Crippen LogP contribution in [-0.4, -0.2) is 68.4 Å². The smallest absolute Gasteiger partial charge is 0.349 e. The number of anilines is 1. The third-order valence-electron chi connectivity index (χ3n) is 5.45. The van der Waals surface area contributed by atoms with Gasteiger partial charge in [-0.3, -0.25) is 4.79 Å². The Morgan fingerprint density at radius 3 is 1.70 bits per heavy atom. The van der Waals surface area contributed by atoms with Crippen LogP contribution in [-0.2, 0) is 23.8 Å². The van der Waals surface area contributed by atoms with Crippen LogP contribution in [0.5, 0.6) is 11.5 Å². The summed E-state index contributed by atoms with van der Waals surface area (Å²) in [4.78, 5) is 63.6. The summed E-state index contributed by atoms with van der Waals surface area (Å²) < 4.78 is 25.3. The van der Waals surface area contributed by atoms with E-state index in [1.807, 2.05) is 0 Å². The van der Waals surface area contributed by atoms with Gasteiger partial charge in [-0.25, -0.2) is 19.2 Å². The van der Waals surface area contributed by atoms with E-state index in [9.17, 15) is 29.1 Å². The van der Waals surface area contributed by atoms with Crippen LogP contribution in [0.15, 0.2) is 72.8 Å². The van der Waals surface area contributed by atoms with Gasteiger partial charge >= 0.3 is 23.9 Å². The van der Waals surface area contributed by atoms with Crippen LogP contribution >= 0.6 is 0 Å². The number of carbonyl (C=O) groups is 5. The Morgan fingerprint density at radius 2 is 1.20 bits per heavy atom.